The van der Waals surface area contributed by atoms with Crippen LogP contribution in [0.5, 0.6) is 0 Å². The molecule has 0 spiro atoms. The fourth-order valence-electron chi connectivity index (χ4n) is 2.11. The van der Waals surface area contributed by atoms with Crippen LogP contribution in [0, 0.1) is 11.6 Å². The average molecular weight is 341 g/mol. The minimum atomic E-state index is -0.336. The van der Waals surface area contributed by atoms with E-state index >= 15 is 0 Å². The molecular weight excluding hydrogens is 326 g/mol. The van der Waals surface area contributed by atoms with Crippen molar-refractivity contribution in [1.29, 1.82) is 0 Å². The summed E-state index contributed by atoms with van der Waals surface area (Å²) in [5.74, 6) is -0.632. The summed E-state index contributed by atoms with van der Waals surface area (Å²) in [6.07, 6.45) is 3.34. The monoisotopic (exact) mass is 340 g/mol. The summed E-state index contributed by atoms with van der Waals surface area (Å²) < 4.78 is 27.7. The van der Waals surface area contributed by atoms with Gasteiger partial charge in [0.2, 0.25) is 0 Å². The molecule has 1 unspecified atom stereocenters. The van der Waals surface area contributed by atoms with Gasteiger partial charge in [-0.1, -0.05) is 28.9 Å². The van der Waals surface area contributed by atoms with Gasteiger partial charge in [0, 0.05) is 22.3 Å². The van der Waals surface area contributed by atoms with Crippen molar-refractivity contribution in [2.75, 3.05) is 6.54 Å². The molecule has 0 aliphatic heterocycles. The van der Waals surface area contributed by atoms with E-state index in [1.54, 1.807) is 18.3 Å². The van der Waals surface area contributed by atoms with Crippen molar-refractivity contribution >= 4 is 15.9 Å². The van der Waals surface area contributed by atoms with E-state index in [0.717, 1.165) is 5.56 Å². The lowest BCUT2D eigenvalue weighted by molar-refractivity contribution is 0.506. The highest BCUT2D eigenvalue weighted by Crippen LogP contribution is 2.25. The molecule has 0 fully saturated rings. The molecule has 1 atom stereocenters. The zero-order chi connectivity index (χ0) is 14.5. The standard InChI is InChI=1S/C15H15BrF2N2/c1-2-20-15(12-5-6-19-9-14(12)18)7-10-3-4-11(17)8-13(10)16/h3-6,8-9,15,20H,2,7H2,1H3. The first kappa shape index (κ1) is 15.1. The molecule has 0 aliphatic rings. The van der Waals surface area contributed by atoms with E-state index in [4.69, 9.17) is 0 Å². The molecule has 2 rings (SSSR count). The molecule has 0 saturated heterocycles. The summed E-state index contributed by atoms with van der Waals surface area (Å²) in [5, 5.41) is 3.25. The molecule has 0 aliphatic carbocycles. The second-order valence-corrected chi connectivity index (χ2v) is 5.30. The van der Waals surface area contributed by atoms with Gasteiger partial charge in [-0.3, -0.25) is 4.98 Å². The number of rotatable bonds is 5. The molecule has 1 aromatic heterocycles. The van der Waals surface area contributed by atoms with Crippen molar-refractivity contribution < 1.29 is 8.78 Å². The third kappa shape index (κ3) is 3.61. The molecule has 2 nitrogen and oxygen atoms in total. The van der Waals surface area contributed by atoms with Gasteiger partial charge in [0.25, 0.3) is 0 Å². The van der Waals surface area contributed by atoms with Gasteiger partial charge < -0.3 is 5.32 Å². The van der Waals surface area contributed by atoms with E-state index in [2.05, 4.69) is 26.2 Å². The topological polar surface area (TPSA) is 24.9 Å². The lowest BCUT2D eigenvalue weighted by Crippen LogP contribution is -2.24. The molecular formula is C15H15BrF2N2. The van der Waals surface area contributed by atoms with Crippen LogP contribution in [-0.2, 0) is 6.42 Å². The Labute approximate surface area is 125 Å². The van der Waals surface area contributed by atoms with Crippen molar-refractivity contribution in [2.45, 2.75) is 19.4 Å². The molecule has 0 bridgehead atoms. The highest BCUT2D eigenvalue weighted by atomic mass is 79.9. The van der Waals surface area contributed by atoms with Crippen LogP contribution < -0.4 is 5.32 Å². The highest BCUT2D eigenvalue weighted by molar-refractivity contribution is 9.10. The number of hydrogen-bond donors (Lipinski definition) is 1. The van der Waals surface area contributed by atoms with Crippen LogP contribution in [0.2, 0.25) is 0 Å². The van der Waals surface area contributed by atoms with Crippen molar-refractivity contribution in [3.05, 3.63) is 63.9 Å². The SMILES string of the molecule is CCNC(Cc1ccc(F)cc1Br)c1ccncc1F. The van der Waals surface area contributed by atoms with E-state index in [0.29, 0.717) is 23.0 Å². The third-order valence-electron chi connectivity index (χ3n) is 3.07. The Hall–Kier alpha value is -1.33. The average Bonchev–Trinajstić information content (AvgIpc) is 2.42. The van der Waals surface area contributed by atoms with Gasteiger partial charge in [0.15, 0.2) is 0 Å². The number of halogens is 3. The van der Waals surface area contributed by atoms with Crippen LogP contribution in [0.4, 0.5) is 8.78 Å². The predicted molar refractivity (Wildman–Crippen MR) is 78.4 cm³/mol. The second kappa shape index (κ2) is 6.90. The molecule has 1 heterocycles. The summed E-state index contributed by atoms with van der Waals surface area (Å²) >= 11 is 3.34. The van der Waals surface area contributed by atoms with E-state index in [9.17, 15) is 8.78 Å². The number of hydrogen-bond acceptors (Lipinski definition) is 2. The number of nitrogens with one attached hydrogen (secondary N) is 1. The first-order valence-electron chi connectivity index (χ1n) is 6.38. The van der Waals surface area contributed by atoms with E-state index < -0.39 is 0 Å². The van der Waals surface area contributed by atoms with Crippen LogP contribution in [0.15, 0.2) is 41.1 Å². The summed E-state index contributed by atoms with van der Waals surface area (Å²) in [6.45, 7) is 2.68. The van der Waals surface area contributed by atoms with Gasteiger partial charge >= 0.3 is 0 Å². The van der Waals surface area contributed by atoms with Crippen molar-refractivity contribution in [2.24, 2.45) is 0 Å². The molecule has 0 saturated carbocycles. The molecule has 106 valence electrons. The molecule has 0 radical (unpaired) electrons. The largest absolute Gasteiger partial charge is 0.310 e. The van der Waals surface area contributed by atoms with E-state index in [1.807, 2.05) is 6.92 Å². The lowest BCUT2D eigenvalue weighted by Gasteiger charge is -2.19. The maximum absolute atomic E-state index is 13.9. The normalized spacial score (nSPS) is 12.4. The van der Waals surface area contributed by atoms with Crippen LogP contribution in [-0.4, -0.2) is 11.5 Å². The van der Waals surface area contributed by atoms with Gasteiger partial charge in [-0.15, -0.1) is 0 Å². The summed E-state index contributed by atoms with van der Waals surface area (Å²) in [6, 6.07) is 6.03. The maximum atomic E-state index is 13.9. The Bertz CT molecular complexity index is 590. The van der Waals surface area contributed by atoms with Gasteiger partial charge in [-0.2, -0.15) is 0 Å². The van der Waals surface area contributed by atoms with Crippen LogP contribution in [0.25, 0.3) is 0 Å². The van der Waals surface area contributed by atoms with Crippen molar-refractivity contribution in [1.82, 2.24) is 10.3 Å². The summed E-state index contributed by atoms with van der Waals surface area (Å²) in [4.78, 5) is 3.76. The number of pyridine rings is 1. The number of nitrogens with zero attached hydrogens (tertiary/aromatic N) is 1. The van der Waals surface area contributed by atoms with Crippen LogP contribution >= 0.6 is 15.9 Å². The quantitative estimate of drug-likeness (QED) is 0.889. The van der Waals surface area contributed by atoms with Gasteiger partial charge in [0.05, 0.1) is 6.20 Å². The lowest BCUT2D eigenvalue weighted by atomic mass is 9.99. The Morgan fingerprint density at radius 3 is 2.75 bits per heavy atom. The summed E-state index contributed by atoms with van der Waals surface area (Å²) in [5.41, 5.74) is 1.49. The summed E-state index contributed by atoms with van der Waals surface area (Å²) in [7, 11) is 0. The fourth-order valence-corrected chi connectivity index (χ4v) is 2.63. The molecule has 20 heavy (non-hydrogen) atoms. The van der Waals surface area contributed by atoms with Gasteiger partial charge in [0.1, 0.15) is 11.6 Å². The fraction of sp³-hybridized carbons (Fsp3) is 0.267. The Kier molecular flexibility index (Phi) is 5.20. The predicted octanol–water partition coefficient (Wildman–Crippen LogP) is 4.02. The molecule has 1 aromatic carbocycles. The first-order valence-corrected chi connectivity index (χ1v) is 7.17. The number of likely N-dealkylation sites (N-methyl/N-ethyl adjacent to an activating group) is 1. The van der Waals surface area contributed by atoms with E-state index in [1.165, 1.54) is 18.3 Å². The second-order valence-electron chi connectivity index (χ2n) is 4.45. The molecule has 1 N–H and O–H groups in total. The van der Waals surface area contributed by atoms with Gasteiger partial charge in [-0.25, -0.2) is 8.78 Å². The van der Waals surface area contributed by atoms with E-state index in [-0.39, 0.29) is 17.7 Å². The number of benzene rings is 1. The van der Waals surface area contributed by atoms with Crippen LogP contribution in [0.3, 0.4) is 0 Å². The zero-order valence-electron chi connectivity index (χ0n) is 11.0. The van der Waals surface area contributed by atoms with Crippen molar-refractivity contribution in [3.8, 4) is 0 Å². The smallest absolute Gasteiger partial charge is 0.146 e. The minimum Gasteiger partial charge on any atom is -0.310 e. The Balaban J connectivity index is 2.28. The highest BCUT2D eigenvalue weighted by Gasteiger charge is 2.16. The molecule has 2 aromatic rings. The molecule has 0 amide bonds. The van der Waals surface area contributed by atoms with Gasteiger partial charge in [-0.05, 0) is 36.7 Å². The minimum absolute atomic E-state index is 0.176. The first-order chi connectivity index (χ1) is 9.61. The third-order valence-corrected chi connectivity index (χ3v) is 3.81. The van der Waals surface area contributed by atoms with Crippen LogP contribution in [0.1, 0.15) is 24.1 Å². The molecule has 5 heteroatoms. The number of aromatic nitrogens is 1. The Morgan fingerprint density at radius 1 is 1.30 bits per heavy atom. The van der Waals surface area contributed by atoms with Crippen molar-refractivity contribution in [3.63, 3.8) is 0 Å². The Morgan fingerprint density at radius 2 is 2.10 bits per heavy atom. The maximum Gasteiger partial charge on any atom is 0.146 e. The zero-order valence-corrected chi connectivity index (χ0v) is 12.6.